The van der Waals surface area contributed by atoms with Gasteiger partial charge in [0.15, 0.2) is 5.52 Å². The summed E-state index contributed by atoms with van der Waals surface area (Å²) in [7, 11) is 0. The number of non-ortho nitro benzene ring substituents is 1. The summed E-state index contributed by atoms with van der Waals surface area (Å²) in [6.45, 7) is 2.52. The van der Waals surface area contributed by atoms with Crippen LogP contribution in [-0.4, -0.2) is 20.2 Å². The molecule has 2 aromatic heterocycles. The molecule has 0 spiro atoms. The number of pyridine rings is 1. The highest BCUT2D eigenvalue weighted by atomic mass is 16.6. The molecule has 3 rings (SSSR count). The summed E-state index contributed by atoms with van der Waals surface area (Å²) in [5.74, 6) is 0. The van der Waals surface area contributed by atoms with Gasteiger partial charge in [-0.3, -0.25) is 15.1 Å². The van der Waals surface area contributed by atoms with Crippen LogP contribution in [0.3, 0.4) is 0 Å². The normalized spacial score (nSPS) is 10.7. The largest absolute Gasteiger partial charge is 0.379 e. The van der Waals surface area contributed by atoms with E-state index in [1.54, 1.807) is 18.5 Å². The summed E-state index contributed by atoms with van der Waals surface area (Å²) < 4.78 is 4.62. The van der Waals surface area contributed by atoms with Crippen molar-refractivity contribution in [3.8, 4) is 0 Å². The van der Waals surface area contributed by atoms with Gasteiger partial charge in [-0.25, -0.2) is 4.63 Å². The highest BCUT2D eigenvalue weighted by Crippen LogP contribution is 2.29. The number of benzene rings is 1. The Bertz CT molecular complexity index is 814. The topological polar surface area (TPSA) is 107 Å². The molecule has 1 N–H and O–H groups in total. The van der Waals surface area contributed by atoms with E-state index in [0.29, 0.717) is 17.7 Å². The van der Waals surface area contributed by atoms with Gasteiger partial charge in [-0.1, -0.05) is 0 Å². The fourth-order valence-corrected chi connectivity index (χ4v) is 2.03. The molecule has 0 radical (unpaired) electrons. The van der Waals surface area contributed by atoms with Crippen LogP contribution < -0.4 is 5.32 Å². The number of anilines is 1. The van der Waals surface area contributed by atoms with Crippen molar-refractivity contribution in [2.24, 2.45) is 0 Å². The molecule has 2 heterocycles. The maximum absolute atomic E-state index is 10.9. The minimum absolute atomic E-state index is 0.128. The van der Waals surface area contributed by atoms with Crippen LogP contribution in [-0.2, 0) is 6.54 Å². The average molecular weight is 285 g/mol. The number of hydrogen-bond donors (Lipinski definition) is 1. The molecular formula is C13H11N5O3. The Morgan fingerprint density at radius 1 is 1.29 bits per heavy atom. The molecule has 21 heavy (non-hydrogen) atoms. The second-order valence-corrected chi connectivity index (χ2v) is 4.51. The number of aromatic nitrogens is 3. The van der Waals surface area contributed by atoms with Crippen molar-refractivity contribution in [1.82, 2.24) is 15.3 Å². The maximum atomic E-state index is 10.9. The zero-order valence-electron chi connectivity index (χ0n) is 11.1. The molecule has 0 amide bonds. The third-order valence-corrected chi connectivity index (χ3v) is 3.20. The molecular weight excluding hydrogens is 274 g/mol. The van der Waals surface area contributed by atoms with Crippen LogP contribution in [0.2, 0.25) is 0 Å². The highest BCUT2D eigenvalue weighted by molar-refractivity contribution is 5.93. The van der Waals surface area contributed by atoms with E-state index in [-0.39, 0.29) is 11.2 Å². The van der Waals surface area contributed by atoms with Gasteiger partial charge in [-0.2, -0.15) is 0 Å². The molecule has 1 aromatic carbocycles. The number of aryl methyl sites for hydroxylation is 1. The van der Waals surface area contributed by atoms with Crippen molar-refractivity contribution in [3.05, 3.63) is 51.8 Å². The lowest BCUT2D eigenvalue weighted by Crippen LogP contribution is -2.02. The molecule has 106 valence electrons. The number of hydrogen-bond acceptors (Lipinski definition) is 7. The number of nitrogens with one attached hydrogen (secondary N) is 1. The van der Waals surface area contributed by atoms with Crippen molar-refractivity contribution in [2.45, 2.75) is 13.5 Å². The van der Waals surface area contributed by atoms with Crippen molar-refractivity contribution in [1.29, 1.82) is 0 Å². The first kappa shape index (κ1) is 13.0. The predicted molar refractivity (Wildman–Crippen MR) is 74.8 cm³/mol. The van der Waals surface area contributed by atoms with Gasteiger partial charge in [-0.15, -0.1) is 0 Å². The van der Waals surface area contributed by atoms with Gasteiger partial charge in [0.05, 0.1) is 10.6 Å². The van der Waals surface area contributed by atoms with Gasteiger partial charge in [0.25, 0.3) is 0 Å². The van der Waals surface area contributed by atoms with E-state index in [0.717, 1.165) is 11.1 Å². The van der Waals surface area contributed by atoms with Crippen LogP contribution in [0.5, 0.6) is 0 Å². The molecule has 0 aliphatic rings. The van der Waals surface area contributed by atoms with Crippen LogP contribution in [0, 0.1) is 17.0 Å². The molecule has 0 unspecified atom stereocenters. The second kappa shape index (κ2) is 5.16. The molecule has 0 saturated carbocycles. The zero-order valence-corrected chi connectivity index (χ0v) is 11.1. The molecule has 0 atom stereocenters. The number of nitro benzene ring substituents is 1. The van der Waals surface area contributed by atoms with Crippen molar-refractivity contribution in [3.63, 3.8) is 0 Å². The van der Waals surface area contributed by atoms with Crippen molar-refractivity contribution >= 4 is 22.4 Å². The van der Waals surface area contributed by atoms with Crippen LogP contribution in [0.25, 0.3) is 11.0 Å². The summed E-state index contributed by atoms with van der Waals surface area (Å²) >= 11 is 0. The Hall–Kier alpha value is -3.03. The number of fused-ring (bicyclic) bond motifs is 1. The van der Waals surface area contributed by atoms with Gasteiger partial charge in [0, 0.05) is 25.0 Å². The first-order chi connectivity index (χ1) is 10.2. The second-order valence-electron chi connectivity index (χ2n) is 4.51. The molecule has 0 fully saturated rings. The lowest BCUT2D eigenvalue weighted by atomic mass is 10.1. The minimum Gasteiger partial charge on any atom is -0.379 e. The monoisotopic (exact) mass is 285 g/mol. The van der Waals surface area contributed by atoms with Gasteiger partial charge >= 0.3 is 5.69 Å². The third kappa shape index (κ3) is 2.38. The first-order valence-corrected chi connectivity index (χ1v) is 6.20. The standard InChI is InChI=1S/C13H11N5O3/c1-8-6-14-5-4-9(8)7-15-10-2-3-11(18(19)20)13-12(10)16-21-17-13/h2-6,15H,7H2,1H3. The third-order valence-electron chi connectivity index (χ3n) is 3.20. The highest BCUT2D eigenvalue weighted by Gasteiger charge is 2.19. The quantitative estimate of drug-likeness (QED) is 0.579. The first-order valence-electron chi connectivity index (χ1n) is 6.20. The number of nitrogens with zero attached hydrogens (tertiary/aromatic N) is 4. The fraction of sp³-hybridized carbons (Fsp3) is 0.154. The maximum Gasteiger partial charge on any atom is 0.300 e. The van der Waals surface area contributed by atoms with E-state index in [2.05, 4.69) is 25.2 Å². The van der Waals surface area contributed by atoms with E-state index in [1.807, 2.05) is 13.0 Å². The van der Waals surface area contributed by atoms with E-state index < -0.39 is 4.92 Å². The predicted octanol–water partition coefficient (Wildman–Crippen LogP) is 2.45. The van der Waals surface area contributed by atoms with Crippen LogP contribution >= 0.6 is 0 Å². The van der Waals surface area contributed by atoms with E-state index in [1.165, 1.54) is 6.07 Å². The van der Waals surface area contributed by atoms with E-state index in [9.17, 15) is 10.1 Å². The minimum atomic E-state index is -0.511. The summed E-state index contributed by atoms with van der Waals surface area (Å²) in [5.41, 5.74) is 3.12. The fourth-order valence-electron chi connectivity index (χ4n) is 2.03. The van der Waals surface area contributed by atoms with E-state index in [4.69, 9.17) is 0 Å². The summed E-state index contributed by atoms with van der Waals surface area (Å²) in [6.07, 6.45) is 3.49. The number of nitro groups is 1. The van der Waals surface area contributed by atoms with Gasteiger partial charge in [0.2, 0.25) is 5.52 Å². The van der Waals surface area contributed by atoms with Gasteiger partial charge < -0.3 is 5.32 Å². The molecule has 0 aliphatic heterocycles. The van der Waals surface area contributed by atoms with Crippen molar-refractivity contribution in [2.75, 3.05) is 5.32 Å². The molecule has 3 aromatic rings. The molecule has 0 bridgehead atoms. The van der Waals surface area contributed by atoms with Gasteiger partial charge in [-0.05, 0) is 40.5 Å². The smallest absolute Gasteiger partial charge is 0.300 e. The Kier molecular flexibility index (Phi) is 3.19. The average Bonchev–Trinajstić information content (AvgIpc) is 2.95. The van der Waals surface area contributed by atoms with Gasteiger partial charge in [0.1, 0.15) is 0 Å². The summed E-state index contributed by atoms with van der Waals surface area (Å²) in [5, 5.41) is 21.4. The summed E-state index contributed by atoms with van der Waals surface area (Å²) in [6, 6.07) is 4.89. The Morgan fingerprint density at radius 3 is 2.86 bits per heavy atom. The Balaban J connectivity index is 1.92. The molecule has 0 saturated heterocycles. The van der Waals surface area contributed by atoms with Crippen LogP contribution in [0.4, 0.5) is 11.4 Å². The van der Waals surface area contributed by atoms with E-state index >= 15 is 0 Å². The molecule has 8 heteroatoms. The molecule has 0 aliphatic carbocycles. The molecule has 8 nitrogen and oxygen atoms in total. The lowest BCUT2D eigenvalue weighted by molar-refractivity contribution is -0.383. The van der Waals surface area contributed by atoms with Crippen molar-refractivity contribution < 1.29 is 9.55 Å². The summed E-state index contributed by atoms with van der Waals surface area (Å²) in [4.78, 5) is 14.4. The number of rotatable bonds is 4. The van der Waals surface area contributed by atoms with Crippen LogP contribution in [0.1, 0.15) is 11.1 Å². The lowest BCUT2D eigenvalue weighted by Gasteiger charge is -2.08. The SMILES string of the molecule is Cc1cnccc1CNc1ccc([N+](=O)[O-])c2nonc12. The Morgan fingerprint density at radius 2 is 2.10 bits per heavy atom. The zero-order chi connectivity index (χ0) is 14.8. The van der Waals surface area contributed by atoms with Crippen LogP contribution in [0.15, 0.2) is 35.2 Å². The Labute approximate surface area is 118 Å².